The number of aromatic hydroxyl groups is 1. The number of hydrazone groups is 1. The summed E-state index contributed by atoms with van der Waals surface area (Å²) in [5.41, 5.74) is 4.46. The Morgan fingerprint density at radius 1 is 1.26 bits per heavy atom. The number of ether oxygens (including phenoxy) is 1. The number of hydrogen-bond donors (Lipinski definition) is 2. The highest BCUT2D eigenvalue weighted by Gasteiger charge is 2.05. The molecule has 0 bridgehead atoms. The van der Waals surface area contributed by atoms with Gasteiger partial charge in [0.25, 0.3) is 5.91 Å². The smallest absolute Gasteiger partial charge is 0.271 e. The van der Waals surface area contributed by atoms with Crippen molar-refractivity contribution in [3.63, 3.8) is 0 Å². The van der Waals surface area contributed by atoms with Crippen molar-refractivity contribution in [1.82, 2.24) is 5.43 Å². The van der Waals surface area contributed by atoms with Crippen LogP contribution in [0.1, 0.15) is 35.3 Å². The van der Waals surface area contributed by atoms with Crippen molar-refractivity contribution in [2.45, 2.75) is 26.9 Å². The number of nitrogens with zero attached hydrogens (tertiary/aromatic N) is 1. The van der Waals surface area contributed by atoms with Crippen LogP contribution in [0.15, 0.2) is 47.6 Å². The summed E-state index contributed by atoms with van der Waals surface area (Å²) in [5, 5.41) is 13.8. The first-order chi connectivity index (χ1) is 11.0. The quantitative estimate of drug-likeness (QED) is 0.657. The Hall–Kier alpha value is -2.82. The maximum absolute atomic E-state index is 11.9. The maximum Gasteiger partial charge on any atom is 0.271 e. The second-order valence-electron chi connectivity index (χ2n) is 5.46. The molecule has 0 fully saturated rings. The monoisotopic (exact) mass is 312 g/mol. The van der Waals surface area contributed by atoms with Crippen molar-refractivity contribution < 1.29 is 14.6 Å². The minimum absolute atomic E-state index is 0.0301. The molecule has 0 unspecified atom stereocenters. The van der Waals surface area contributed by atoms with Crippen molar-refractivity contribution in [3.05, 3.63) is 59.2 Å². The average molecular weight is 312 g/mol. The van der Waals surface area contributed by atoms with Crippen LogP contribution in [0.5, 0.6) is 11.5 Å². The molecule has 0 aliphatic carbocycles. The number of phenols is 1. The third-order valence-corrected chi connectivity index (χ3v) is 3.02. The molecule has 2 rings (SSSR count). The predicted molar refractivity (Wildman–Crippen MR) is 90.1 cm³/mol. The van der Waals surface area contributed by atoms with Crippen molar-refractivity contribution in [1.29, 1.82) is 0 Å². The first-order valence-electron chi connectivity index (χ1n) is 7.35. The van der Waals surface area contributed by atoms with Gasteiger partial charge in [-0.2, -0.15) is 5.10 Å². The SMILES string of the molecule is Cc1cccc(C(=O)N/N=C\c2ccc(OC(C)C)cc2O)c1. The number of carbonyl (C=O) groups excluding carboxylic acids is 1. The largest absolute Gasteiger partial charge is 0.507 e. The van der Waals surface area contributed by atoms with Gasteiger partial charge in [-0.25, -0.2) is 5.43 Å². The van der Waals surface area contributed by atoms with Crippen LogP contribution in [0.2, 0.25) is 0 Å². The van der Waals surface area contributed by atoms with E-state index in [0.29, 0.717) is 16.9 Å². The van der Waals surface area contributed by atoms with Crippen molar-refractivity contribution in [2.75, 3.05) is 0 Å². The lowest BCUT2D eigenvalue weighted by Crippen LogP contribution is -2.17. The molecule has 0 saturated heterocycles. The molecule has 0 heterocycles. The Morgan fingerprint density at radius 3 is 2.70 bits per heavy atom. The zero-order valence-electron chi connectivity index (χ0n) is 13.4. The first-order valence-corrected chi connectivity index (χ1v) is 7.35. The molecule has 0 radical (unpaired) electrons. The summed E-state index contributed by atoms with van der Waals surface area (Å²) in [5.74, 6) is 0.319. The lowest BCUT2D eigenvalue weighted by molar-refractivity contribution is 0.0955. The fourth-order valence-corrected chi connectivity index (χ4v) is 1.99. The Kier molecular flexibility index (Phi) is 5.36. The summed E-state index contributed by atoms with van der Waals surface area (Å²) in [6.07, 6.45) is 1.42. The van der Waals surface area contributed by atoms with Gasteiger partial charge in [0.05, 0.1) is 12.3 Å². The summed E-state index contributed by atoms with van der Waals surface area (Å²) < 4.78 is 5.49. The van der Waals surface area contributed by atoms with Gasteiger partial charge in [-0.1, -0.05) is 17.7 Å². The van der Waals surface area contributed by atoms with Gasteiger partial charge in [-0.05, 0) is 45.0 Å². The lowest BCUT2D eigenvalue weighted by Gasteiger charge is -2.10. The van der Waals surface area contributed by atoms with Crippen LogP contribution in [0.4, 0.5) is 0 Å². The molecule has 0 aromatic heterocycles. The van der Waals surface area contributed by atoms with E-state index in [2.05, 4.69) is 10.5 Å². The number of amides is 1. The van der Waals surface area contributed by atoms with Gasteiger partial charge >= 0.3 is 0 Å². The summed E-state index contributed by atoms with van der Waals surface area (Å²) in [7, 11) is 0. The van der Waals surface area contributed by atoms with Crippen LogP contribution in [0.25, 0.3) is 0 Å². The molecule has 1 amide bonds. The molecular formula is C18H20N2O3. The summed E-state index contributed by atoms with van der Waals surface area (Å²) in [6.45, 7) is 5.74. The van der Waals surface area contributed by atoms with Crippen LogP contribution in [-0.4, -0.2) is 23.3 Å². The van der Waals surface area contributed by atoms with E-state index in [9.17, 15) is 9.90 Å². The predicted octanol–water partition coefficient (Wildman–Crippen LogP) is 3.25. The number of nitrogens with one attached hydrogen (secondary N) is 1. The van der Waals surface area contributed by atoms with Crippen LogP contribution in [-0.2, 0) is 0 Å². The number of hydrogen-bond acceptors (Lipinski definition) is 4. The van der Waals surface area contributed by atoms with E-state index in [1.165, 1.54) is 12.3 Å². The molecule has 120 valence electrons. The highest BCUT2D eigenvalue weighted by molar-refractivity contribution is 5.95. The van der Waals surface area contributed by atoms with Gasteiger partial charge < -0.3 is 9.84 Å². The molecule has 2 N–H and O–H groups in total. The Bertz CT molecular complexity index is 724. The number of benzene rings is 2. The van der Waals surface area contributed by atoms with Gasteiger partial charge in [0, 0.05) is 17.2 Å². The highest BCUT2D eigenvalue weighted by Crippen LogP contribution is 2.23. The van der Waals surface area contributed by atoms with Crippen molar-refractivity contribution in [2.24, 2.45) is 5.10 Å². The molecule has 0 spiro atoms. The number of phenolic OH excluding ortho intramolecular Hbond substituents is 1. The second kappa shape index (κ2) is 7.45. The molecule has 2 aromatic carbocycles. The number of rotatable bonds is 5. The zero-order valence-corrected chi connectivity index (χ0v) is 13.4. The molecule has 0 aliphatic rings. The summed E-state index contributed by atoms with van der Waals surface area (Å²) in [4.78, 5) is 11.9. The molecule has 0 aliphatic heterocycles. The van der Waals surface area contributed by atoms with E-state index >= 15 is 0 Å². The zero-order chi connectivity index (χ0) is 16.8. The van der Waals surface area contributed by atoms with E-state index in [0.717, 1.165) is 5.56 Å². The second-order valence-corrected chi connectivity index (χ2v) is 5.46. The third-order valence-electron chi connectivity index (χ3n) is 3.02. The molecule has 0 atom stereocenters. The minimum atomic E-state index is -0.302. The highest BCUT2D eigenvalue weighted by atomic mass is 16.5. The van der Waals surface area contributed by atoms with Crippen molar-refractivity contribution in [3.8, 4) is 11.5 Å². The summed E-state index contributed by atoms with van der Waals surface area (Å²) in [6, 6.07) is 12.2. The molecule has 0 saturated carbocycles. The fourth-order valence-electron chi connectivity index (χ4n) is 1.99. The van der Waals surface area contributed by atoms with Crippen LogP contribution < -0.4 is 10.2 Å². The van der Waals surface area contributed by atoms with Crippen molar-refractivity contribution >= 4 is 12.1 Å². The van der Waals surface area contributed by atoms with Crippen LogP contribution in [0, 0.1) is 6.92 Å². The standard InChI is InChI=1S/C18H20N2O3/c1-12(2)23-16-8-7-15(17(21)10-16)11-19-20-18(22)14-6-4-5-13(3)9-14/h4-12,21H,1-3H3,(H,20,22)/b19-11-. The third kappa shape index (κ3) is 4.85. The normalized spacial score (nSPS) is 11.0. The minimum Gasteiger partial charge on any atom is -0.507 e. The maximum atomic E-state index is 11.9. The topological polar surface area (TPSA) is 70.9 Å². The fraction of sp³-hybridized carbons (Fsp3) is 0.222. The lowest BCUT2D eigenvalue weighted by atomic mass is 10.1. The van der Waals surface area contributed by atoms with E-state index in [4.69, 9.17) is 4.74 Å². The Balaban J connectivity index is 2.01. The Morgan fingerprint density at radius 2 is 2.04 bits per heavy atom. The van der Waals surface area contributed by atoms with E-state index in [-0.39, 0.29) is 17.8 Å². The van der Waals surface area contributed by atoms with Crippen LogP contribution in [0.3, 0.4) is 0 Å². The molecule has 2 aromatic rings. The molecule has 5 nitrogen and oxygen atoms in total. The van der Waals surface area contributed by atoms with Gasteiger partial charge in [0.2, 0.25) is 0 Å². The van der Waals surface area contributed by atoms with Gasteiger partial charge in [-0.15, -0.1) is 0 Å². The van der Waals surface area contributed by atoms with E-state index < -0.39 is 0 Å². The van der Waals surface area contributed by atoms with Gasteiger partial charge in [0.15, 0.2) is 0 Å². The number of aryl methyl sites for hydroxylation is 1. The molecule has 23 heavy (non-hydrogen) atoms. The van der Waals surface area contributed by atoms with Gasteiger partial charge in [-0.3, -0.25) is 4.79 Å². The average Bonchev–Trinajstić information content (AvgIpc) is 2.48. The Labute approximate surface area is 135 Å². The van der Waals surface area contributed by atoms with E-state index in [1.54, 1.807) is 24.3 Å². The van der Waals surface area contributed by atoms with Crippen LogP contribution >= 0.6 is 0 Å². The number of carbonyl (C=O) groups is 1. The first kappa shape index (κ1) is 16.5. The summed E-state index contributed by atoms with van der Waals surface area (Å²) >= 11 is 0. The van der Waals surface area contributed by atoms with E-state index in [1.807, 2.05) is 32.9 Å². The molecular weight excluding hydrogens is 292 g/mol. The molecule has 5 heteroatoms. The van der Waals surface area contributed by atoms with Gasteiger partial charge in [0.1, 0.15) is 11.5 Å².